The van der Waals surface area contributed by atoms with Gasteiger partial charge in [0.2, 0.25) is 6.29 Å². The Hall–Kier alpha value is -3.60. The van der Waals surface area contributed by atoms with Gasteiger partial charge in [-0.2, -0.15) is 0 Å². The van der Waals surface area contributed by atoms with Crippen LogP contribution in [-0.4, -0.2) is 71.2 Å². The van der Waals surface area contributed by atoms with E-state index in [2.05, 4.69) is 0 Å². The molecule has 1 aliphatic rings. The summed E-state index contributed by atoms with van der Waals surface area (Å²) in [5, 5.41) is 0. The SMILES string of the molecule is COP(OC)O[C@H]1O[C@@H](C)[C@H](OC(=O)c2ccccc2)[C@@H](OC(=O)c2ccccc2)[C@H]1OC(=O)c1ccccc1.[B]. The lowest BCUT2D eigenvalue weighted by atomic mass is 9.98. The van der Waals surface area contributed by atoms with E-state index in [1.165, 1.54) is 14.2 Å². The van der Waals surface area contributed by atoms with Crippen LogP contribution in [-0.2, 0) is 32.5 Å². The van der Waals surface area contributed by atoms with Crippen LogP contribution in [0.4, 0.5) is 0 Å². The van der Waals surface area contributed by atoms with Crippen molar-refractivity contribution in [2.75, 3.05) is 14.2 Å². The predicted octanol–water partition coefficient (Wildman–Crippen LogP) is 4.56. The minimum atomic E-state index is -1.92. The van der Waals surface area contributed by atoms with Gasteiger partial charge < -0.3 is 28.0 Å². The van der Waals surface area contributed by atoms with Gasteiger partial charge in [0.1, 0.15) is 0 Å². The molecule has 0 saturated carbocycles. The van der Waals surface area contributed by atoms with Gasteiger partial charge in [-0.25, -0.2) is 14.4 Å². The Labute approximate surface area is 241 Å². The summed E-state index contributed by atoms with van der Waals surface area (Å²) in [5.74, 6) is -2.13. The summed E-state index contributed by atoms with van der Waals surface area (Å²) in [5.41, 5.74) is 0.768. The third kappa shape index (κ3) is 8.22. The Morgan fingerprint density at radius 3 is 1.37 bits per heavy atom. The Balaban J connectivity index is 0.00000462. The van der Waals surface area contributed by atoms with Crippen molar-refractivity contribution in [2.45, 2.75) is 37.6 Å². The van der Waals surface area contributed by atoms with E-state index >= 15 is 0 Å². The topological polar surface area (TPSA) is 116 Å². The van der Waals surface area contributed by atoms with E-state index in [9.17, 15) is 14.4 Å². The van der Waals surface area contributed by atoms with Gasteiger partial charge in [-0.3, -0.25) is 4.52 Å². The minimum Gasteiger partial charge on any atom is -0.452 e. The van der Waals surface area contributed by atoms with E-state index in [4.69, 9.17) is 32.5 Å². The first kappa shape index (κ1) is 31.9. The Morgan fingerprint density at radius 2 is 0.976 bits per heavy atom. The minimum absolute atomic E-state index is 0. The van der Waals surface area contributed by atoms with E-state index in [0.717, 1.165) is 0 Å². The lowest BCUT2D eigenvalue weighted by molar-refractivity contribution is -0.268. The zero-order chi connectivity index (χ0) is 28.5. The molecule has 0 spiro atoms. The van der Waals surface area contributed by atoms with Crippen molar-refractivity contribution in [3.63, 3.8) is 0 Å². The zero-order valence-electron chi connectivity index (χ0n) is 22.7. The Kier molecular flexibility index (Phi) is 12.0. The number of ether oxygens (including phenoxy) is 4. The monoisotopic (exact) mass is 579 g/mol. The van der Waals surface area contributed by atoms with Gasteiger partial charge in [-0.1, -0.05) is 54.6 Å². The highest BCUT2D eigenvalue weighted by Gasteiger charge is 2.52. The molecular weight excluding hydrogens is 550 g/mol. The van der Waals surface area contributed by atoms with Crippen LogP contribution in [0.15, 0.2) is 91.0 Å². The molecule has 1 fully saturated rings. The largest absolute Gasteiger partial charge is 0.452 e. The Bertz CT molecular complexity index is 1260. The van der Waals surface area contributed by atoms with Crippen LogP contribution < -0.4 is 0 Å². The molecule has 0 aliphatic carbocycles. The van der Waals surface area contributed by atoms with Crippen molar-refractivity contribution in [1.29, 1.82) is 0 Å². The van der Waals surface area contributed by atoms with Gasteiger partial charge in [0, 0.05) is 22.6 Å². The molecule has 1 heterocycles. The molecule has 0 amide bonds. The highest BCUT2D eigenvalue weighted by Crippen LogP contribution is 2.43. The second-order valence-electron chi connectivity index (χ2n) is 8.61. The molecule has 10 nitrogen and oxygen atoms in total. The summed E-state index contributed by atoms with van der Waals surface area (Å²) in [6.07, 6.45) is -6.03. The van der Waals surface area contributed by atoms with Gasteiger partial charge in [-0.05, 0) is 43.3 Å². The molecule has 0 N–H and O–H groups in total. The fourth-order valence-electron chi connectivity index (χ4n) is 4.02. The summed E-state index contributed by atoms with van der Waals surface area (Å²) in [7, 11) is 0.839. The molecule has 213 valence electrons. The molecule has 0 aromatic heterocycles. The van der Waals surface area contributed by atoms with Crippen molar-refractivity contribution in [2.24, 2.45) is 0 Å². The first-order valence-electron chi connectivity index (χ1n) is 12.4. The smallest absolute Gasteiger partial charge is 0.338 e. The van der Waals surface area contributed by atoms with Crippen LogP contribution in [0.2, 0.25) is 0 Å². The zero-order valence-corrected chi connectivity index (χ0v) is 23.5. The molecule has 0 unspecified atom stereocenters. The summed E-state index contributed by atoms with van der Waals surface area (Å²) < 4.78 is 39.9. The highest BCUT2D eigenvalue weighted by atomic mass is 31.2. The van der Waals surface area contributed by atoms with Gasteiger partial charge >= 0.3 is 26.5 Å². The van der Waals surface area contributed by atoms with Crippen molar-refractivity contribution >= 4 is 34.9 Å². The second kappa shape index (κ2) is 15.4. The standard InChI is InChI=1S/C29H29O10P.B/c1-19-23(36-26(30)20-13-7-4-8-14-20)24(37-27(31)21-15-9-5-10-16-21)25(29(35-19)39-40(33-2)34-3)38-28(32)22-17-11-6-12-18-22;/h4-19,23-25,29H,1-3H3;/t19-,23-,24+,25+,29+;/m0./s1. The maximum absolute atomic E-state index is 13.2. The molecule has 1 saturated heterocycles. The number of carbonyl (C=O) groups excluding carboxylic acids is 3. The third-order valence-corrected chi connectivity index (χ3v) is 6.95. The number of rotatable bonds is 10. The second-order valence-corrected chi connectivity index (χ2v) is 10.00. The summed E-state index contributed by atoms with van der Waals surface area (Å²) in [6, 6.07) is 24.8. The van der Waals surface area contributed by atoms with Crippen LogP contribution in [0.1, 0.15) is 38.0 Å². The first-order valence-corrected chi connectivity index (χ1v) is 13.5. The van der Waals surface area contributed by atoms with Crippen LogP contribution in [0.25, 0.3) is 0 Å². The van der Waals surface area contributed by atoms with Crippen molar-refractivity contribution in [3.8, 4) is 0 Å². The fourth-order valence-corrected chi connectivity index (χ4v) is 4.68. The molecular formula is C29H29BO10P. The average molecular weight is 579 g/mol. The van der Waals surface area contributed by atoms with E-state index in [1.807, 2.05) is 0 Å². The van der Waals surface area contributed by atoms with Gasteiger partial charge in [0.15, 0.2) is 18.3 Å². The fraction of sp³-hybridized carbons (Fsp3) is 0.276. The molecule has 1 aliphatic heterocycles. The quantitative estimate of drug-likeness (QED) is 0.147. The lowest BCUT2D eigenvalue weighted by Gasteiger charge is -2.43. The number of carbonyl (C=O) groups is 3. The summed E-state index contributed by atoms with van der Waals surface area (Å²) >= 11 is 0. The molecule has 3 aromatic carbocycles. The van der Waals surface area contributed by atoms with E-state index < -0.39 is 57.2 Å². The highest BCUT2D eigenvalue weighted by molar-refractivity contribution is 7.41. The van der Waals surface area contributed by atoms with E-state index in [0.29, 0.717) is 0 Å². The average Bonchev–Trinajstić information content (AvgIpc) is 3.00. The predicted molar refractivity (Wildman–Crippen MR) is 149 cm³/mol. The van der Waals surface area contributed by atoms with Crippen molar-refractivity contribution in [3.05, 3.63) is 108 Å². The number of hydrogen-bond acceptors (Lipinski definition) is 10. The molecule has 4 rings (SSSR count). The molecule has 41 heavy (non-hydrogen) atoms. The molecule has 3 aromatic rings. The summed E-state index contributed by atoms with van der Waals surface area (Å²) in [6.45, 7) is 1.62. The molecule has 3 radical (unpaired) electrons. The number of benzene rings is 3. The van der Waals surface area contributed by atoms with Gasteiger partial charge in [0.25, 0.3) is 0 Å². The number of esters is 3. The van der Waals surface area contributed by atoms with Crippen LogP contribution in [0, 0.1) is 0 Å². The van der Waals surface area contributed by atoms with Gasteiger partial charge in [-0.15, -0.1) is 0 Å². The Morgan fingerprint density at radius 1 is 0.610 bits per heavy atom. The molecule has 12 heteroatoms. The lowest BCUT2D eigenvalue weighted by Crippen LogP contribution is -2.61. The van der Waals surface area contributed by atoms with Crippen LogP contribution in [0.3, 0.4) is 0 Å². The van der Waals surface area contributed by atoms with E-state index in [1.54, 1.807) is 97.9 Å². The van der Waals surface area contributed by atoms with Gasteiger partial charge in [0.05, 0.1) is 22.8 Å². The van der Waals surface area contributed by atoms with Crippen LogP contribution >= 0.6 is 8.60 Å². The van der Waals surface area contributed by atoms with Crippen LogP contribution in [0.5, 0.6) is 0 Å². The molecule has 0 bridgehead atoms. The van der Waals surface area contributed by atoms with Crippen molar-refractivity contribution < 1.29 is 46.9 Å². The normalized spacial score (nSPS) is 21.8. The number of hydrogen-bond donors (Lipinski definition) is 0. The maximum Gasteiger partial charge on any atom is 0.338 e. The summed E-state index contributed by atoms with van der Waals surface area (Å²) in [4.78, 5) is 39.5. The maximum atomic E-state index is 13.2. The van der Waals surface area contributed by atoms with Crippen molar-refractivity contribution in [1.82, 2.24) is 0 Å². The van der Waals surface area contributed by atoms with E-state index in [-0.39, 0.29) is 25.1 Å². The molecule has 5 atom stereocenters. The first-order chi connectivity index (χ1) is 19.4. The third-order valence-electron chi connectivity index (χ3n) is 5.97.